The molecular formula is C13H24. The summed E-state index contributed by atoms with van der Waals surface area (Å²) in [5.74, 6) is 2.19. The third kappa shape index (κ3) is 1.78. The van der Waals surface area contributed by atoms with Gasteiger partial charge in [-0.15, -0.1) is 0 Å². The smallest absolute Gasteiger partial charge is 0.0264 e. The molecule has 0 aromatic carbocycles. The molecule has 2 atom stereocenters. The van der Waals surface area contributed by atoms with Gasteiger partial charge in [0.05, 0.1) is 0 Å². The first-order chi connectivity index (χ1) is 6.28. The van der Waals surface area contributed by atoms with Gasteiger partial charge in [-0.1, -0.05) is 39.5 Å². The van der Waals surface area contributed by atoms with Crippen LogP contribution in [-0.4, -0.2) is 0 Å². The summed E-state index contributed by atoms with van der Waals surface area (Å²) in [7, 11) is 0. The Hall–Kier alpha value is 0. The zero-order valence-electron chi connectivity index (χ0n) is 9.31. The molecule has 2 saturated carbocycles. The molecule has 0 heteroatoms. The van der Waals surface area contributed by atoms with E-state index in [2.05, 4.69) is 13.8 Å². The monoisotopic (exact) mass is 180 g/mol. The Balaban J connectivity index is 1.64. The number of hydrogen-bond acceptors (Lipinski definition) is 0. The fourth-order valence-electron chi connectivity index (χ4n) is 3.50. The van der Waals surface area contributed by atoms with Crippen molar-refractivity contribution in [3.8, 4) is 0 Å². The summed E-state index contributed by atoms with van der Waals surface area (Å²) < 4.78 is 0. The molecule has 0 heterocycles. The molecule has 2 rings (SSSR count). The minimum atomic E-state index is 0.908. The summed E-state index contributed by atoms with van der Waals surface area (Å²) in [6.07, 6.45) is 12.1. The average Bonchev–Trinajstić information content (AvgIpc) is 2.86. The van der Waals surface area contributed by atoms with Gasteiger partial charge in [-0.3, -0.25) is 0 Å². The van der Waals surface area contributed by atoms with Gasteiger partial charge in [0.1, 0.15) is 0 Å². The van der Waals surface area contributed by atoms with E-state index in [0.717, 1.165) is 17.3 Å². The van der Waals surface area contributed by atoms with Crippen LogP contribution in [0.1, 0.15) is 65.2 Å². The van der Waals surface area contributed by atoms with E-state index in [4.69, 9.17) is 0 Å². The molecule has 0 amide bonds. The summed E-state index contributed by atoms with van der Waals surface area (Å²) in [6, 6.07) is 0. The largest absolute Gasteiger partial charge is 0.0654 e. The molecule has 0 aliphatic heterocycles. The van der Waals surface area contributed by atoms with Gasteiger partial charge >= 0.3 is 0 Å². The summed E-state index contributed by atoms with van der Waals surface area (Å²) in [5.41, 5.74) is 0.908. The van der Waals surface area contributed by atoms with Gasteiger partial charge in [0, 0.05) is 0 Å². The van der Waals surface area contributed by atoms with Gasteiger partial charge in [0.2, 0.25) is 0 Å². The van der Waals surface area contributed by atoms with Gasteiger partial charge in [0.25, 0.3) is 0 Å². The maximum atomic E-state index is 2.47. The molecule has 2 fully saturated rings. The third-order valence-electron chi connectivity index (χ3n) is 4.46. The van der Waals surface area contributed by atoms with Crippen molar-refractivity contribution in [1.82, 2.24) is 0 Å². The molecule has 0 saturated heterocycles. The normalized spacial score (nSPS) is 34.6. The number of rotatable bonds is 5. The van der Waals surface area contributed by atoms with Crippen LogP contribution in [0.5, 0.6) is 0 Å². The fourth-order valence-corrected chi connectivity index (χ4v) is 3.50. The van der Waals surface area contributed by atoms with E-state index in [1.54, 1.807) is 25.7 Å². The molecule has 0 N–H and O–H groups in total. The number of hydrogen-bond donors (Lipinski definition) is 0. The van der Waals surface area contributed by atoms with Crippen molar-refractivity contribution in [2.24, 2.45) is 17.3 Å². The molecule has 2 unspecified atom stereocenters. The van der Waals surface area contributed by atoms with Gasteiger partial charge in [-0.2, -0.15) is 0 Å². The lowest BCUT2D eigenvalue weighted by molar-refractivity contribution is 0.0510. The second kappa shape index (κ2) is 3.63. The topological polar surface area (TPSA) is 0 Å². The average molecular weight is 180 g/mol. The zero-order valence-corrected chi connectivity index (χ0v) is 9.31. The second-order valence-corrected chi connectivity index (χ2v) is 5.50. The molecule has 0 aromatic rings. The van der Waals surface area contributed by atoms with E-state index in [9.17, 15) is 0 Å². The van der Waals surface area contributed by atoms with E-state index >= 15 is 0 Å². The Morgan fingerprint density at radius 2 is 1.92 bits per heavy atom. The highest BCUT2D eigenvalue weighted by atomic mass is 14.6. The summed E-state index contributed by atoms with van der Waals surface area (Å²) >= 11 is 0. The molecule has 2 aliphatic rings. The first-order valence-corrected chi connectivity index (χ1v) is 6.28. The minimum absolute atomic E-state index is 0.908. The predicted molar refractivity (Wildman–Crippen MR) is 57.7 cm³/mol. The SMILES string of the molecule is CCCCCCC1C(C)CC12CC2. The third-order valence-corrected chi connectivity index (χ3v) is 4.46. The van der Waals surface area contributed by atoms with Crippen molar-refractivity contribution in [3.05, 3.63) is 0 Å². The van der Waals surface area contributed by atoms with Crippen LogP contribution in [0.2, 0.25) is 0 Å². The first kappa shape index (κ1) is 9.55. The lowest BCUT2D eigenvalue weighted by atomic mass is 9.61. The quantitative estimate of drug-likeness (QED) is 0.550. The van der Waals surface area contributed by atoms with Crippen LogP contribution in [0.3, 0.4) is 0 Å². The molecule has 2 aliphatic carbocycles. The lowest BCUT2D eigenvalue weighted by Gasteiger charge is -2.44. The summed E-state index contributed by atoms with van der Waals surface area (Å²) in [4.78, 5) is 0. The summed E-state index contributed by atoms with van der Waals surface area (Å²) in [5, 5.41) is 0. The molecule has 0 bridgehead atoms. The van der Waals surface area contributed by atoms with Crippen LogP contribution in [0.25, 0.3) is 0 Å². The highest BCUT2D eigenvalue weighted by Crippen LogP contribution is 2.68. The zero-order chi connectivity index (χ0) is 9.31. The van der Waals surface area contributed by atoms with Crippen molar-refractivity contribution in [2.45, 2.75) is 65.2 Å². The van der Waals surface area contributed by atoms with E-state index in [0.29, 0.717) is 0 Å². The van der Waals surface area contributed by atoms with Crippen LogP contribution in [0.4, 0.5) is 0 Å². The molecule has 76 valence electrons. The Bertz CT molecular complexity index is 167. The van der Waals surface area contributed by atoms with E-state index < -0.39 is 0 Å². The van der Waals surface area contributed by atoms with Crippen LogP contribution in [0, 0.1) is 17.3 Å². The van der Waals surface area contributed by atoms with Gasteiger partial charge in [-0.25, -0.2) is 0 Å². The van der Waals surface area contributed by atoms with Crippen LogP contribution in [0.15, 0.2) is 0 Å². The van der Waals surface area contributed by atoms with Crippen molar-refractivity contribution in [2.75, 3.05) is 0 Å². The van der Waals surface area contributed by atoms with E-state index in [-0.39, 0.29) is 0 Å². The Morgan fingerprint density at radius 3 is 2.46 bits per heavy atom. The van der Waals surface area contributed by atoms with Crippen molar-refractivity contribution in [3.63, 3.8) is 0 Å². The van der Waals surface area contributed by atoms with Crippen LogP contribution in [-0.2, 0) is 0 Å². The highest BCUT2D eigenvalue weighted by Gasteiger charge is 2.58. The fraction of sp³-hybridized carbons (Fsp3) is 1.00. The van der Waals surface area contributed by atoms with Gasteiger partial charge in [0.15, 0.2) is 0 Å². The maximum Gasteiger partial charge on any atom is -0.0264 e. The summed E-state index contributed by atoms with van der Waals surface area (Å²) in [6.45, 7) is 4.77. The molecule has 0 aromatic heterocycles. The molecule has 0 radical (unpaired) electrons. The van der Waals surface area contributed by atoms with E-state index in [1.807, 2.05) is 0 Å². The highest BCUT2D eigenvalue weighted by molar-refractivity contribution is 5.08. The van der Waals surface area contributed by atoms with E-state index in [1.165, 1.54) is 25.7 Å². The molecule has 13 heavy (non-hydrogen) atoms. The Labute approximate surface area is 83.1 Å². The molecule has 0 nitrogen and oxygen atoms in total. The maximum absolute atomic E-state index is 2.47. The molecule has 1 spiro atoms. The number of unbranched alkanes of at least 4 members (excludes halogenated alkanes) is 3. The van der Waals surface area contributed by atoms with Crippen LogP contribution >= 0.6 is 0 Å². The minimum Gasteiger partial charge on any atom is -0.0654 e. The van der Waals surface area contributed by atoms with Crippen LogP contribution < -0.4 is 0 Å². The van der Waals surface area contributed by atoms with Crippen molar-refractivity contribution < 1.29 is 0 Å². The predicted octanol–water partition coefficient (Wildman–Crippen LogP) is 4.39. The lowest BCUT2D eigenvalue weighted by Crippen LogP contribution is -2.36. The second-order valence-electron chi connectivity index (χ2n) is 5.50. The molecular weight excluding hydrogens is 156 g/mol. The van der Waals surface area contributed by atoms with Crippen molar-refractivity contribution >= 4 is 0 Å². The van der Waals surface area contributed by atoms with Gasteiger partial charge < -0.3 is 0 Å². The Kier molecular flexibility index (Phi) is 2.67. The van der Waals surface area contributed by atoms with Crippen molar-refractivity contribution in [1.29, 1.82) is 0 Å². The Morgan fingerprint density at radius 1 is 1.15 bits per heavy atom. The first-order valence-electron chi connectivity index (χ1n) is 6.28. The van der Waals surface area contributed by atoms with Gasteiger partial charge in [-0.05, 0) is 42.9 Å². The standard InChI is InChI=1S/C13H24/c1-3-4-5-6-7-12-11(2)10-13(12)8-9-13/h11-12H,3-10H2,1-2H3.